The van der Waals surface area contributed by atoms with E-state index in [4.69, 9.17) is 0 Å². The molecule has 1 fully saturated rings. The summed E-state index contributed by atoms with van der Waals surface area (Å²) in [4.78, 5) is -0.211. The first kappa shape index (κ1) is 16.4. The van der Waals surface area contributed by atoms with Crippen LogP contribution in [0.2, 0.25) is 0 Å². The average molecular weight is 314 g/mol. The molecule has 1 aliphatic heterocycles. The Morgan fingerprint density at radius 2 is 2.05 bits per heavy atom. The summed E-state index contributed by atoms with van der Waals surface area (Å²) in [5, 5.41) is 2.94. The van der Waals surface area contributed by atoms with Gasteiger partial charge in [-0.3, -0.25) is 0 Å². The van der Waals surface area contributed by atoms with E-state index in [-0.39, 0.29) is 10.8 Å². The van der Waals surface area contributed by atoms with E-state index in [2.05, 4.69) is 12.2 Å². The summed E-state index contributed by atoms with van der Waals surface area (Å²) < 4.78 is 40.8. The van der Waals surface area contributed by atoms with Gasteiger partial charge in [0.2, 0.25) is 10.0 Å². The topological polar surface area (TPSA) is 49.4 Å². The first-order valence-corrected chi connectivity index (χ1v) is 8.73. The predicted molar refractivity (Wildman–Crippen MR) is 80.9 cm³/mol. The molecular formula is C15H23FN2O2S. The molecule has 0 aromatic heterocycles. The zero-order valence-electron chi connectivity index (χ0n) is 12.8. The highest BCUT2D eigenvalue weighted by Crippen LogP contribution is 2.28. The molecule has 0 aliphatic carbocycles. The second-order valence-corrected chi connectivity index (χ2v) is 7.81. The third-order valence-corrected chi connectivity index (χ3v) is 6.17. The van der Waals surface area contributed by atoms with Crippen molar-refractivity contribution in [2.75, 3.05) is 20.1 Å². The number of hydrogen-bond acceptors (Lipinski definition) is 3. The minimum atomic E-state index is -3.76. The van der Waals surface area contributed by atoms with Gasteiger partial charge in [-0.15, -0.1) is 0 Å². The first-order chi connectivity index (χ1) is 9.86. The monoisotopic (exact) mass is 314 g/mol. The Bertz CT molecular complexity index is 604. The van der Waals surface area contributed by atoms with Crippen LogP contribution in [0.15, 0.2) is 23.1 Å². The Labute approximate surface area is 126 Å². The van der Waals surface area contributed by atoms with Crippen LogP contribution < -0.4 is 5.32 Å². The van der Waals surface area contributed by atoms with Crippen LogP contribution in [-0.2, 0) is 16.6 Å². The second kappa shape index (κ2) is 6.42. The largest absolute Gasteiger partial charge is 0.316 e. The van der Waals surface area contributed by atoms with Gasteiger partial charge < -0.3 is 5.32 Å². The van der Waals surface area contributed by atoms with Crippen LogP contribution >= 0.6 is 0 Å². The van der Waals surface area contributed by atoms with Crippen LogP contribution in [0.4, 0.5) is 4.39 Å². The van der Waals surface area contributed by atoms with E-state index in [1.165, 1.54) is 16.4 Å². The van der Waals surface area contributed by atoms with E-state index in [1.54, 1.807) is 13.1 Å². The number of benzene rings is 1. The normalized spacial score (nSPS) is 24.2. The average Bonchev–Trinajstić information content (AvgIpc) is 2.44. The van der Waals surface area contributed by atoms with E-state index in [0.29, 0.717) is 25.6 Å². The molecule has 1 N–H and O–H groups in total. The van der Waals surface area contributed by atoms with E-state index in [0.717, 1.165) is 12.0 Å². The maximum Gasteiger partial charge on any atom is 0.246 e. The van der Waals surface area contributed by atoms with Gasteiger partial charge in [0, 0.05) is 19.6 Å². The van der Waals surface area contributed by atoms with Gasteiger partial charge in [0.1, 0.15) is 10.7 Å². The van der Waals surface area contributed by atoms with Gasteiger partial charge in [-0.2, -0.15) is 4.31 Å². The van der Waals surface area contributed by atoms with Gasteiger partial charge in [0.25, 0.3) is 0 Å². The molecule has 4 nitrogen and oxygen atoms in total. The van der Waals surface area contributed by atoms with Crippen molar-refractivity contribution in [1.29, 1.82) is 0 Å². The van der Waals surface area contributed by atoms with Crippen molar-refractivity contribution in [3.05, 3.63) is 29.6 Å². The first-order valence-electron chi connectivity index (χ1n) is 7.29. The van der Waals surface area contributed by atoms with Crippen LogP contribution in [-0.4, -0.2) is 32.9 Å². The van der Waals surface area contributed by atoms with Crippen molar-refractivity contribution >= 4 is 10.0 Å². The lowest BCUT2D eigenvalue weighted by Gasteiger charge is -2.34. The molecule has 2 unspecified atom stereocenters. The molecule has 1 aromatic carbocycles. The number of piperidine rings is 1. The molecule has 0 saturated carbocycles. The smallest absolute Gasteiger partial charge is 0.246 e. The van der Waals surface area contributed by atoms with Crippen LogP contribution in [0.5, 0.6) is 0 Å². The highest BCUT2D eigenvalue weighted by molar-refractivity contribution is 7.89. The summed E-state index contributed by atoms with van der Waals surface area (Å²) in [7, 11) is -1.99. The second-order valence-electron chi connectivity index (χ2n) is 5.90. The van der Waals surface area contributed by atoms with E-state index in [1.807, 2.05) is 6.92 Å². The standard InChI is InChI=1S/C15H23FN2O2S/c1-11-6-7-18(10-12(11)2)21(19,20)15-8-13(9-17-3)4-5-14(15)16/h4-5,8,11-12,17H,6-7,9-10H2,1-3H3. The number of halogens is 1. The quantitative estimate of drug-likeness (QED) is 0.927. The molecule has 0 spiro atoms. The van der Waals surface area contributed by atoms with Crippen LogP contribution in [0.25, 0.3) is 0 Å². The van der Waals surface area contributed by atoms with Crippen molar-refractivity contribution in [2.24, 2.45) is 11.8 Å². The lowest BCUT2D eigenvalue weighted by Crippen LogP contribution is -2.42. The van der Waals surface area contributed by atoms with Crippen molar-refractivity contribution in [3.8, 4) is 0 Å². The zero-order chi connectivity index (χ0) is 15.6. The van der Waals surface area contributed by atoms with Crippen molar-refractivity contribution in [3.63, 3.8) is 0 Å². The molecule has 118 valence electrons. The van der Waals surface area contributed by atoms with Crippen molar-refractivity contribution in [1.82, 2.24) is 9.62 Å². The fourth-order valence-corrected chi connectivity index (χ4v) is 4.31. The van der Waals surface area contributed by atoms with Gasteiger partial charge in [-0.25, -0.2) is 12.8 Å². The Balaban J connectivity index is 2.33. The number of rotatable bonds is 4. The Kier molecular flexibility index (Phi) is 5.01. The summed E-state index contributed by atoms with van der Waals surface area (Å²) in [6, 6.07) is 4.27. The van der Waals surface area contributed by atoms with E-state index < -0.39 is 15.8 Å². The SMILES string of the molecule is CNCc1ccc(F)c(S(=O)(=O)N2CCC(C)C(C)C2)c1. The molecule has 0 radical (unpaired) electrons. The third-order valence-electron chi connectivity index (χ3n) is 4.29. The molecule has 6 heteroatoms. The highest BCUT2D eigenvalue weighted by atomic mass is 32.2. The maximum atomic E-state index is 14.0. The van der Waals surface area contributed by atoms with Gasteiger partial charge in [-0.05, 0) is 43.0 Å². The lowest BCUT2D eigenvalue weighted by molar-refractivity contribution is 0.212. The third kappa shape index (κ3) is 3.44. The molecule has 1 saturated heterocycles. The minimum Gasteiger partial charge on any atom is -0.316 e. The molecule has 2 atom stereocenters. The number of sulfonamides is 1. The zero-order valence-corrected chi connectivity index (χ0v) is 13.6. The van der Waals surface area contributed by atoms with Gasteiger partial charge in [-0.1, -0.05) is 19.9 Å². The Morgan fingerprint density at radius 3 is 2.67 bits per heavy atom. The summed E-state index contributed by atoms with van der Waals surface area (Å²) >= 11 is 0. The molecule has 1 aromatic rings. The highest BCUT2D eigenvalue weighted by Gasteiger charge is 2.33. The van der Waals surface area contributed by atoms with E-state index in [9.17, 15) is 12.8 Å². The van der Waals surface area contributed by atoms with Crippen LogP contribution in [0.3, 0.4) is 0 Å². The van der Waals surface area contributed by atoms with Gasteiger partial charge in [0.05, 0.1) is 0 Å². The Hall–Kier alpha value is -0.980. The van der Waals surface area contributed by atoms with Crippen molar-refractivity contribution < 1.29 is 12.8 Å². The molecule has 0 amide bonds. The van der Waals surface area contributed by atoms with Crippen LogP contribution in [0.1, 0.15) is 25.8 Å². The molecule has 1 aliphatic rings. The number of nitrogens with one attached hydrogen (secondary N) is 1. The molecule has 21 heavy (non-hydrogen) atoms. The number of hydrogen-bond donors (Lipinski definition) is 1. The maximum absolute atomic E-state index is 14.0. The van der Waals surface area contributed by atoms with Crippen molar-refractivity contribution in [2.45, 2.75) is 31.7 Å². The molecule has 0 bridgehead atoms. The summed E-state index contributed by atoms with van der Waals surface area (Å²) in [5.74, 6) is 0.107. The number of nitrogens with zero attached hydrogens (tertiary/aromatic N) is 1. The fraction of sp³-hybridized carbons (Fsp3) is 0.600. The predicted octanol–water partition coefficient (Wildman–Crippen LogP) is 2.21. The minimum absolute atomic E-state index is 0.211. The fourth-order valence-electron chi connectivity index (χ4n) is 2.64. The Morgan fingerprint density at radius 1 is 1.33 bits per heavy atom. The summed E-state index contributed by atoms with van der Waals surface area (Å²) in [5.41, 5.74) is 0.760. The molecule has 2 rings (SSSR count). The van der Waals surface area contributed by atoms with Gasteiger partial charge >= 0.3 is 0 Å². The lowest BCUT2D eigenvalue weighted by atomic mass is 9.90. The van der Waals surface area contributed by atoms with E-state index >= 15 is 0 Å². The van der Waals surface area contributed by atoms with Crippen LogP contribution in [0, 0.1) is 17.7 Å². The summed E-state index contributed by atoms with van der Waals surface area (Å²) in [6.45, 7) is 5.60. The molecular weight excluding hydrogens is 291 g/mol. The summed E-state index contributed by atoms with van der Waals surface area (Å²) in [6.07, 6.45) is 0.818. The molecule has 1 heterocycles. The van der Waals surface area contributed by atoms with Gasteiger partial charge in [0.15, 0.2) is 0 Å².